The van der Waals surface area contributed by atoms with Gasteiger partial charge in [0, 0.05) is 37.6 Å². The van der Waals surface area contributed by atoms with Crippen LogP contribution in [0.3, 0.4) is 0 Å². The van der Waals surface area contributed by atoms with Crippen LogP contribution in [0.4, 0.5) is 0 Å². The Kier molecular flexibility index (Phi) is 4.40. The fourth-order valence-corrected chi connectivity index (χ4v) is 5.48. The van der Waals surface area contributed by atoms with Crippen LogP contribution in [0.1, 0.15) is 57.8 Å². The number of amides is 1. The third kappa shape index (κ3) is 2.80. The van der Waals surface area contributed by atoms with Gasteiger partial charge in [-0.15, -0.1) is 0 Å². The van der Waals surface area contributed by atoms with E-state index in [-0.39, 0.29) is 0 Å². The van der Waals surface area contributed by atoms with Crippen molar-refractivity contribution in [1.29, 1.82) is 0 Å². The minimum Gasteiger partial charge on any atom is -0.336 e. The van der Waals surface area contributed by atoms with Gasteiger partial charge in [-0.3, -0.25) is 4.79 Å². The normalized spacial score (nSPS) is 35.8. The number of carbonyl (C=O) groups excluding carboxylic acids is 1. The van der Waals surface area contributed by atoms with Gasteiger partial charge < -0.3 is 15.1 Å². The minimum atomic E-state index is 0.470. The highest BCUT2D eigenvalue weighted by molar-refractivity contribution is 5.79. The average Bonchev–Trinajstić information content (AvgIpc) is 2.91. The van der Waals surface area contributed by atoms with Crippen LogP contribution < -0.4 is 5.32 Å². The molecule has 3 saturated heterocycles. The molecular weight excluding hydrogens is 274 g/mol. The van der Waals surface area contributed by atoms with Crippen LogP contribution in [0.5, 0.6) is 0 Å². The number of nitrogens with zero attached hydrogens (tertiary/aromatic N) is 2. The van der Waals surface area contributed by atoms with Gasteiger partial charge in [-0.05, 0) is 57.5 Å². The molecule has 0 unspecified atom stereocenters. The summed E-state index contributed by atoms with van der Waals surface area (Å²) in [5.41, 5.74) is 0. The Morgan fingerprint density at radius 3 is 2.36 bits per heavy atom. The van der Waals surface area contributed by atoms with Crippen LogP contribution in [0.2, 0.25) is 0 Å². The highest BCUT2D eigenvalue weighted by Gasteiger charge is 2.44. The van der Waals surface area contributed by atoms with Crippen molar-refractivity contribution in [3.8, 4) is 0 Å². The van der Waals surface area contributed by atoms with E-state index in [1.54, 1.807) is 0 Å². The summed E-state index contributed by atoms with van der Waals surface area (Å²) < 4.78 is 0. The number of hydrogen-bond acceptors (Lipinski definition) is 3. The van der Waals surface area contributed by atoms with E-state index >= 15 is 0 Å². The molecule has 4 fully saturated rings. The molecule has 2 atom stereocenters. The molecule has 1 aliphatic carbocycles. The van der Waals surface area contributed by atoms with E-state index in [9.17, 15) is 4.79 Å². The van der Waals surface area contributed by atoms with E-state index in [4.69, 9.17) is 0 Å². The van der Waals surface area contributed by atoms with Crippen molar-refractivity contribution < 1.29 is 4.79 Å². The molecule has 4 rings (SSSR count). The Morgan fingerprint density at radius 1 is 0.864 bits per heavy atom. The molecule has 3 aliphatic heterocycles. The maximum Gasteiger partial charge on any atom is 0.223 e. The summed E-state index contributed by atoms with van der Waals surface area (Å²) in [6, 6.07) is 1.93. The SMILES string of the molecule is O=C1C[C@@H]2CCCC[C@H]2N1C1CCN(C2CCNCC2)CC1. The largest absolute Gasteiger partial charge is 0.336 e. The third-order valence-corrected chi connectivity index (χ3v) is 6.67. The second kappa shape index (κ2) is 6.48. The van der Waals surface area contributed by atoms with Gasteiger partial charge in [0.2, 0.25) is 5.91 Å². The van der Waals surface area contributed by atoms with Crippen molar-refractivity contribution in [3.63, 3.8) is 0 Å². The summed E-state index contributed by atoms with van der Waals surface area (Å²) in [6.45, 7) is 4.77. The van der Waals surface area contributed by atoms with Gasteiger partial charge >= 0.3 is 0 Å². The third-order valence-electron chi connectivity index (χ3n) is 6.67. The first-order valence-electron chi connectivity index (χ1n) is 9.59. The molecule has 0 aromatic heterocycles. The highest BCUT2D eigenvalue weighted by Crippen LogP contribution is 2.39. The van der Waals surface area contributed by atoms with Crippen molar-refractivity contribution in [2.75, 3.05) is 26.2 Å². The number of likely N-dealkylation sites (tertiary alicyclic amines) is 2. The van der Waals surface area contributed by atoms with Gasteiger partial charge in [-0.25, -0.2) is 0 Å². The number of carbonyl (C=O) groups is 1. The standard InChI is InChI=1S/C18H31N3O/c22-18-13-14-3-1-2-4-17(14)21(18)16-7-11-20(12-8-16)15-5-9-19-10-6-15/h14-17,19H,1-13H2/t14-,17+/m0/s1. The molecule has 4 nitrogen and oxygen atoms in total. The molecule has 0 bridgehead atoms. The van der Waals surface area contributed by atoms with Gasteiger partial charge in [0.1, 0.15) is 0 Å². The fourth-order valence-electron chi connectivity index (χ4n) is 5.48. The van der Waals surface area contributed by atoms with Gasteiger partial charge in [0.05, 0.1) is 0 Å². The van der Waals surface area contributed by atoms with E-state index < -0.39 is 0 Å². The smallest absolute Gasteiger partial charge is 0.223 e. The van der Waals surface area contributed by atoms with Crippen LogP contribution in [0, 0.1) is 5.92 Å². The Labute approximate surface area is 134 Å². The lowest BCUT2D eigenvalue weighted by Gasteiger charge is -2.44. The maximum atomic E-state index is 12.5. The molecular formula is C18H31N3O. The van der Waals surface area contributed by atoms with Crippen molar-refractivity contribution >= 4 is 5.91 Å². The zero-order chi connectivity index (χ0) is 14.9. The molecule has 124 valence electrons. The van der Waals surface area contributed by atoms with Crippen molar-refractivity contribution in [2.45, 2.75) is 75.9 Å². The first-order valence-corrected chi connectivity index (χ1v) is 9.59. The second-order valence-corrected chi connectivity index (χ2v) is 7.87. The molecule has 0 spiro atoms. The highest BCUT2D eigenvalue weighted by atomic mass is 16.2. The van der Waals surface area contributed by atoms with Crippen molar-refractivity contribution in [2.24, 2.45) is 5.92 Å². The predicted octanol–water partition coefficient (Wildman–Crippen LogP) is 1.99. The van der Waals surface area contributed by atoms with E-state index in [1.165, 1.54) is 77.5 Å². The zero-order valence-electron chi connectivity index (χ0n) is 13.8. The summed E-state index contributed by atoms with van der Waals surface area (Å²) in [6.07, 6.45) is 11.1. The van der Waals surface area contributed by atoms with E-state index in [2.05, 4.69) is 15.1 Å². The van der Waals surface area contributed by atoms with Gasteiger partial charge in [-0.1, -0.05) is 12.8 Å². The number of nitrogens with one attached hydrogen (secondary N) is 1. The molecule has 4 heteroatoms. The van der Waals surface area contributed by atoms with Crippen molar-refractivity contribution in [1.82, 2.24) is 15.1 Å². The molecule has 0 aromatic carbocycles. The lowest BCUT2D eigenvalue weighted by Crippen LogP contribution is -2.52. The van der Waals surface area contributed by atoms with Gasteiger partial charge in [-0.2, -0.15) is 0 Å². The molecule has 1 amide bonds. The van der Waals surface area contributed by atoms with Gasteiger partial charge in [0.15, 0.2) is 0 Å². The Balaban J connectivity index is 1.35. The summed E-state index contributed by atoms with van der Waals surface area (Å²) in [5, 5.41) is 3.46. The molecule has 22 heavy (non-hydrogen) atoms. The van der Waals surface area contributed by atoms with Gasteiger partial charge in [0.25, 0.3) is 0 Å². The van der Waals surface area contributed by atoms with Crippen molar-refractivity contribution in [3.05, 3.63) is 0 Å². The number of piperidine rings is 2. The van der Waals surface area contributed by atoms with Crippen LogP contribution in [0.25, 0.3) is 0 Å². The molecule has 4 aliphatic rings. The molecule has 1 N–H and O–H groups in total. The number of fused-ring (bicyclic) bond motifs is 1. The van der Waals surface area contributed by atoms with Crippen LogP contribution >= 0.6 is 0 Å². The second-order valence-electron chi connectivity index (χ2n) is 7.87. The molecule has 0 radical (unpaired) electrons. The molecule has 3 heterocycles. The minimum absolute atomic E-state index is 0.470. The lowest BCUT2D eigenvalue weighted by atomic mass is 9.84. The maximum absolute atomic E-state index is 12.5. The fraction of sp³-hybridized carbons (Fsp3) is 0.944. The van der Waals surface area contributed by atoms with Crippen LogP contribution in [-0.4, -0.2) is 60.0 Å². The summed E-state index contributed by atoms with van der Waals surface area (Å²) >= 11 is 0. The Morgan fingerprint density at radius 2 is 1.59 bits per heavy atom. The van der Waals surface area contributed by atoms with E-state index in [0.717, 1.165) is 12.5 Å². The lowest BCUT2D eigenvalue weighted by molar-refractivity contribution is -0.132. The summed E-state index contributed by atoms with van der Waals surface area (Å²) in [5.74, 6) is 1.15. The molecule has 0 aromatic rings. The van der Waals surface area contributed by atoms with E-state index in [0.29, 0.717) is 23.9 Å². The quantitative estimate of drug-likeness (QED) is 0.847. The Bertz CT molecular complexity index is 399. The summed E-state index contributed by atoms with van der Waals surface area (Å²) in [4.78, 5) is 17.6. The number of rotatable bonds is 2. The first-order chi connectivity index (χ1) is 10.8. The Hall–Kier alpha value is -0.610. The predicted molar refractivity (Wildman–Crippen MR) is 87.7 cm³/mol. The summed E-state index contributed by atoms with van der Waals surface area (Å²) in [7, 11) is 0. The van der Waals surface area contributed by atoms with Crippen LogP contribution in [-0.2, 0) is 4.79 Å². The topological polar surface area (TPSA) is 35.6 Å². The number of hydrogen-bond donors (Lipinski definition) is 1. The monoisotopic (exact) mass is 305 g/mol. The first kappa shape index (κ1) is 14.9. The van der Waals surface area contributed by atoms with E-state index in [1.807, 2.05) is 0 Å². The average molecular weight is 305 g/mol. The molecule has 1 saturated carbocycles. The zero-order valence-corrected chi connectivity index (χ0v) is 13.8. The van der Waals surface area contributed by atoms with Crippen LogP contribution in [0.15, 0.2) is 0 Å².